The minimum Gasteiger partial charge on any atom is -0.376 e. The van der Waals surface area contributed by atoms with Gasteiger partial charge in [-0.1, -0.05) is 41.4 Å². The van der Waals surface area contributed by atoms with Gasteiger partial charge in [0.1, 0.15) is 5.82 Å². The number of pyridine rings is 1. The molecule has 1 aromatic heterocycles. The maximum Gasteiger partial charge on any atom is 0.239 e. The number of amides is 1. The van der Waals surface area contributed by atoms with Crippen molar-refractivity contribution in [2.45, 2.75) is 37.8 Å². The van der Waals surface area contributed by atoms with Gasteiger partial charge in [-0.2, -0.15) is 0 Å². The van der Waals surface area contributed by atoms with Crippen LogP contribution < -0.4 is 16.0 Å². The molecule has 0 unspecified atom stereocenters. The first-order chi connectivity index (χ1) is 14.6. The maximum atomic E-state index is 12.3. The van der Waals surface area contributed by atoms with Gasteiger partial charge in [0.2, 0.25) is 5.91 Å². The number of halogens is 2. The molecule has 1 amide bonds. The predicted octanol–water partition coefficient (Wildman–Crippen LogP) is 5.49. The summed E-state index contributed by atoms with van der Waals surface area (Å²) in [5.74, 6) is 0.890. The number of hydrogen-bond acceptors (Lipinski definition) is 4. The minimum absolute atomic E-state index is 0.0197. The van der Waals surface area contributed by atoms with Crippen LogP contribution in [-0.4, -0.2) is 29.5 Å². The van der Waals surface area contributed by atoms with E-state index in [1.807, 2.05) is 24.3 Å². The zero-order valence-electron chi connectivity index (χ0n) is 16.5. The van der Waals surface area contributed by atoms with Crippen LogP contribution >= 0.6 is 23.2 Å². The summed E-state index contributed by atoms with van der Waals surface area (Å²) in [6.07, 6.45) is 3.90. The van der Waals surface area contributed by atoms with Crippen LogP contribution in [-0.2, 0) is 4.79 Å². The van der Waals surface area contributed by atoms with Crippen LogP contribution in [0.5, 0.6) is 0 Å². The molecule has 0 radical (unpaired) electrons. The first-order valence-corrected chi connectivity index (χ1v) is 10.9. The molecule has 0 atom stereocenters. The summed E-state index contributed by atoms with van der Waals surface area (Å²) in [4.78, 5) is 17.0. The molecular weight excluding hydrogens is 419 g/mol. The van der Waals surface area contributed by atoms with Gasteiger partial charge in [-0.25, -0.2) is 4.98 Å². The summed E-state index contributed by atoms with van der Waals surface area (Å²) >= 11 is 11.9. The van der Waals surface area contributed by atoms with Crippen LogP contribution in [0.1, 0.15) is 25.7 Å². The van der Waals surface area contributed by atoms with E-state index in [1.54, 1.807) is 18.2 Å². The Morgan fingerprint density at radius 2 is 1.70 bits per heavy atom. The number of fused-ring (bicyclic) bond motifs is 1. The largest absolute Gasteiger partial charge is 0.376 e. The van der Waals surface area contributed by atoms with E-state index in [2.05, 4.69) is 28.1 Å². The molecule has 7 heteroatoms. The predicted molar refractivity (Wildman–Crippen MR) is 125 cm³/mol. The van der Waals surface area contributed by atoms with E-state index >= 15 is 0 Å². The molecule has 1 fully saturated rings. The Morgan fingerprint density at radius 3 is 2.50 bits per heavy atom. The average molecular weight is 443 g/mol. The molecule has 1 heterocycles. The van der Waals surface area contributed by atoms with E-state index in [0.717, 1.165) is 48.1 Å². The molecule has 30 heavy (non-hydrogen) atoms. The number of para-hydroxylation sites is 1. The lowest BCUT2D eigenvalue weighted by atomic mass is 9.91. The van der Waals surface area contributed by atoms with Gasteiger partial charge in [0.15, 0.2) is 0 Å². The van der Waals surface area contributed by atoms with E-state index in [0.29, 0.717) is 16.1 Å². The second kappa shape index (κ2) is 9.54. The third kappa shape index (κ3) is 5.35. The van der Waals surface area contributed by atoms with Crippen LogP contribution in [0.25, 0.3) is 10.9 Å². The fourth-order valence-corrected chi connectivity index (χ4v) is 4.10. The minimum atomic E-state index is -0.0197. The third-order valence-electron chi connectivity index (χ3n) is 5.42. The summed E-state index contributed by atoms with van der Waals surface area (Å²) in [6, 6.07) is 18.1. The molecule has 3 N–H and O–H groups in total. The van der Waals surface area contributed by atoms with Crippen molar-refractivity contribution in [1.29, 1.82) is 0 Å². The lowest BCUT2D eigenvalue weighted by molar-refractivity contribution is -0.120. The summed E-state index contributed by atoms with van der Waals surface area (Å²) in [7, 11) is 0. The van der Waals surface area contributed by atoms with Crippen LogP contribution in [0, 0.1) is 0 Å². The van der Waals surface area contributed by atoms with Crippen molar-refractivity contribution in [2.24, 2.45) is 0 Å². The fourth-order valence-electron chi connectivity index (χ4n) is 3.80. The Labute approximate surface area is 186 Å². The standard InChI is InChI=1S/C23H24Cl2N4O/c24-19-11-10-18(13-20(19)25)26-14-23(30)28-17-8-6-16(7-9-17)27-22-12-5-15-3-1-2-4-21(15)29-22/h1-5,10-13,16-17,26H,6-9,14H2,(H,27,29)(H,28,30)/t16-,17+. The van der Waals surface area contributed by atoms with Gasteiger partial charge in [-0.05, 0) is 62.1 Å². The van der Waals surface area contributed by atoms with Crippen LogP contribution in [0.4, 0.5) is 11.5 Å². The highest BCUT2D eigenvalue weighted by Crippen LogP contribution is 2.25. The lowest BCUT2D eigenvalue weighted by Crippen LogP contribution is -2.42. The van der Waals surface area contributed by atoms with E-state index in [9.17, 15) is 4.79 Å². The second-order valence-electron chi connectivity index (χ2n) is 7.63. The Morgan fingerprint density at radius 1 is 0.933 bits per heavy atom. The summed E-state index contributed by atoms with van der Waals surface area (Å²) in [6.45, 7) is 0.206. The first kappa shape index (κ1) is 20.8. The van der Waals surface area contributed by atoms with Crippen LogP contribution in [0.3, 0.4) is 0 Å². The van der Waals surface area contributed by atoms with Crippen molar-refractivity contribution < 1.29 is 4.79 Å². The Balaban J connectivity index is 1.22. The fraction of sp³-hybridized carbons (Fsp3) is 0.304. The second-order valence-corrected chi connectivity index (χ2v) is 8.45. The molecule has 1 aliphatic carbocycles. The Kier molecular flexibility index (Phi) is 6.60. The van der Waals surface area contributed by atoms with E-state index < -0.39 is 0 Å². The molecular formula is C23H24Cl2N4O. The molecule has 0 aliphatic heterocycles. The van der Waals surface area contributed by atoms with Gasteiger partial charge in [-0.15, -0.1) is 0 Å². The smallest absolute Gasteiger partial charge is 0.239 e. The van der Waals surface area contributed by atoms with Crippen molar-refractivity contribution in [2.75, 3.05) is 17.2 Å². The van der Waals surface area contributed by atoms with Crippen LogP contribution in [0.2, 0.25) is 10.0 Å². The van der Waals surface area contributed by atoms with Crippen molar-refractivity contribution >= 4 is 51.5 Å². The zero-order valence-corrected chi connectivity index (χ0v) is 18.0. The van der Waals surface area contributed by atoms with Crippen molar-refractivity contribution in [3.05, 3.63) is 64.6 Å². The number of hydrogen-bond donors (Lipinski definition) is 3. The highest BCUT2D eigenvalue weighted by atomic mass is 35.5. The molecule has 0 bridgehead atoms. The maximum absolute atomic E-state index is 12.3. The highest BCUT2D eigenvalue weighted by molar-refractivity contribution is 6.42. The molecule has 1 aliphatic rings. The normalized spacial score (nSPS) is 18.7. The van der Waals surface area contributed by atoms with Gasteiger partial charge >= 0.3 is 0 Å². The third-order valence-corrected chi connectivity index (χ3v) is 6.15. The van der Waals surface area contributed by atoms with Gasteiger partial charge < -0.3 is 16.0 Å². The molecule has 4 rings (SSSR count). The lowest BCUT2D eigenvalue weighted by Gasteiger charge is -2.30. The number of aromatic nitrogens is 1. The zero-order chi connectivity index (χ0) is 20.9. The monoisotopic (exact) mass is 442 g/mol. The molecule has 0 spiro atoms. The van der Waals surface area contributed by atoms with Crippen molar-refractivity contribution in [1.82, 2.24) is 10.3 Å². The van der Waals surface area contributed by atoms with Gasteiger partial charge in [0.05, 0.1) is 22.1 Å². The summed E-state index contributed by atoms with van der Waals surface area (Å²) in [5, 5.41) is 11.9. The number of nitrogens with zero attached hydrogens (tertiary/aromatic N) is 1. The van der Waals surface area contributed by atoms with Crippen LogP contribution in [0.15, 0.2) is 54.6 Å². The average Bonchev–Trinajstić information content (AvgIpc) is 2.76. The quantitative estimate of drug-likeness (QED) is 0.471. The molecule has 0 saturated heterocycles. The summed E-state index contributed by atoms with van der Waals surface area (Å²) in [5.41, 5.74) is 1.77. The number of carbonyl (C=O) groups excluding carboxylic acids is 1. The number of carbonyl (C=O) groups is 1. The number of anilines is 2. The number of benzene rings is 2. The Bertz CT molecular complexity index is 1030. The van der Waals surface area contributed by atoms with E-state index in [4.69, 9.17) is 28.2 Å². The SMILES string of the molecule is O=C(CNc1ccc(Cl)c(Cl)c1)N[C@H]1CC[C@@H](Nc2ccc3ccccc3n2)CC1. The summed E-state index contributed by atoms with van der Waals surface area (Å²) < 4.78 is 0. The number of rotatable bonds is 6. The first-order valence-electron chi connectivity index (χ1n) is 10.2. The number of nitrogens with one attached hydrogen (secondary N) is 3. The van der Waals surface area contributed by atoms with E-state index in [-0.39, 0.29) is 18.5 Å². The van der Waals surface area contributed by atoms with Crippen molar-refractivity contribution in [3.8, 4) is 0 Å². The van der Waals surface area contributed by atoms with E-state index in [1.165, 1.54) is 0 Å². The van der Waals surface area contributed by atoms with Gasteiger partial charge in [0, 0.05) is 23.2 Å². The topological polar surface area (TPSA) is 66.1 Å². The Hall–Kier alpha value is -2.50. The molecule has 3 aromatic rings. The molecule has 1 saturated carbocycles. The highest BCUT2D eigenvalue weighted by Gasteiger charge is 2.22. The van der Waals surface area contributed by atoms with Crippen molar-refractivity contribution in [3.63, 3.8) is 0 Å². The molecule has 2 aromatic carbocycles. The van der Waals surface area contributed by atoms with Gasteiger partial charge in [-0.3, -0.25) is 4.79 Å². The molecule has 156 valence electrons. The van der Waals surface area contributed by atoms with Gasteiger partial charge in [0.25, 0.3) is 0 Å². The molecule has 5 nitrogen and oxygen atoms in total.